The van der Waals surface area contributed by atoms with Crippen LogP contribution >= 0.6 is 0 Å². The molecule has 216 valence electrons. The molecule has 3 atom stereocenters. The number of nitrogens with zero attached hydrogens (tertiary/aromatic N) is 2. The van der Waals surface area contributed by atoms with Crippen LogP contribution in [0, 0.1) is 18.7 Å². The predicted octanol–water partition coefficient (Wildman–Crippen LogP) is 7.47. The van der Waals surface area contributed by atoms with Gasteiger partial charge in [-0.05, 0) is 92.4 Å². The maximum absolute atomic E-state index is 15.0. The highest BCUT2D eigenvalue weighted by molar-refractivity contribution is 5.98. The van der Waals surface area contributed by atoms with E-state index >= 15 is 0 Å². The molecular formula is C35H42FN3O2. The van der Waals surface area contributed by atoms with Crippen molar-refractivity contribution >= 4 is 17.5 Å². The maximum Gasteiger partial charge on any atom is 0.257 e. The van der Waals surface area contributed by atoms with Crippen LogP contribution in [0.1, 0.15) is 91.0 Å². The summed E-state index contributed by atoms with van der Waals surface area (Å²) in [5, 5.41) is 3.14. The quantitative estimate of drug-likeness (QED) is 0.329. The Morgan fingerprint density at radius 1 is 0.976 bits per heavy atom. The van der Waals surface area contributed by atoms with E-state index in [1.54, 1.807) is 24.0 Å². The fraction of sp³-hybridized carbons (Fsp3) is 0.429. The lowest BCUT2D eigenvalue weighted by Gasteiger charge is -2.41. The van der Waals surface area contributed by atoms with Crippen molar-refractivity contribution in [1.29, 1.82) is 0 Å². The first kappa shape index (κ1) is 29.0. The Balaban J connectivity index is 1.47. The number of likely N-dealkylation sites (tertiary alicyclic amines) is 2. The first-order valence-electron chi connectivity index (χ1n) is 15.0. The van der Waals surface area contributed by atoms with Gasteiger partial charge in [0.15, 0.2) is 0 Å². The fourth-order valence-corrected chi connectivity index (χ4v) is 6.45. The predicted molar refractivity (Wildman–Crippen MR) is 162 cm³/mol. The van der Waals surface area contributed by atoms with Crippen LogP contribution in [0.2, 0.25) is 0 Å². The molecule has 0 aliphatic carbocycles. The molecule has 41 heavy (non-hydrogen) atoms. The van der Waals surface area contributed by atoms with Gasteiger partial charge in [0.1, 0.15) is 5.82 Å². The SMILES string of the molecule is Cc1cccc(F)c1C(=O)N1CCC[C@H](C(=O)Nc2cccc(C(C)C)c2)[C@@H]1c1ccc(CN2CCCC2C)cc1. The minimum Gasteiger partial charge on any atom is -0.331 e. The molecule has 0 radical (unpaired) electrons. The van der Waals surface area contributed by atoms with Gasteiger partial charge in [-0.15, -0.1) is 0 Å². The van der Waals surface area contributed by atoms with Crippen LogP contribution in [0.5, 0.6) is 0 Å². The summed E-state index contributed by atoms with van der Waals surface area (Å²) in [4.78, 5) is 32.0. The number of carbonyl (C=O) groups excluding carboxylic acids is 2. The molecule has 2 aliphatic rings. The number of nitrogens with one attached hydrogen (secondary N) is 1. The van der Waals surface area contributed by atoms with Crippen LogP contribution in [0.3, 0.4) is 0 Å². The van der Waals surface area contributed by atoms with Crippen molar-refractivity contribution in [1.82, 2.24) is 9.80 Å². The fourth-order valence-electron chi connectivity index (χ4n) is 6.45. The lowest BCUT2D eigenvalue weighted by Crippen LogP contribution is -2.46. The van der Waals surface area contributed by atoms with E-state index in [-0.39, 0.29) is 17.4 Å². The molecular weight excluding hydrogens is 513 g/mol. The molecule has 3 aromatic rings. The summed E-state index contributed by atoms with van der Waals surface area (Å²) in [7, 11) is 0. The molecule has 5 rings (SSSR count). The number of amides is 2. The van der Waals surface area contributed by atoms with Crippen LogP contribution in [0.25, 0.3) is 0 Å². The molecule has 2 fully saturated rings. The summed E-state index contributed by atoms with van der Waals surface area (Å²) in [5.74, 6) is -1.13. The number of carbonyl (C=O) groups is 2. The zero-order valence-electron chi connectivity index (χ0n) is 24.7. The van der Waals surface area contributed by atoms with Gasteiger partial charge in [-0.3, -0.25) is 14.5 Å². The van der Waals surface area contributed by atoms with Gasteiger partial charge in [-0.1, -0.05) is 62.4 Å². The van der Waals surface area contributed by atoms with Gasteiger partial charge in [-0.2, -0.15) is 0 Å². The normalized spacial score (nSPS) is 21.3. The number of piperidine rings is 1. The lowest BCUT2D eigenvalue weighted by atomic mass is 9.83. The summed E-state index contributed by atoms with van der Waals surface area (Å²) in [5.41, 5.74) is 4.71. The third kappa shape index (κ3) is 6.38. The first-order valence-corrected chi connectivity index (χ1v) is 15.0. The summed E-state index contributed by atoms with van der Waals surface area (Å²) in [6.45, 7) is 10.7. The Hall–Kier alpha value is -3.51. The van der Waals surface area contributed by atoms with Crippen LogP contribution in [-0.4, -0.2) is 40.7 Å². The van der Waals surface area contributed by atoms with E-state index in [1.807, 2.05) is 18.2 Å². The van der Waals surface area contributed by atoms with E-state index in [2.05, 4.69) is 61.3 Å². The van der Waals surface area contributed by atoms with Crippen LogP contribution < -0.4 is 5.32 Å². The molecule has 5 nitrogen and oxygen atoms in total. The monoisotopic (exact) mass is 555 g/mol. The number of rotatable bonds is 7. The average Bonchev–Trinajstić information content (AvgIpc) is 3.36. The van der Waals surface area contributed by atoms with Crippen molar-refractivity contribution < 1.29 is 14.0 Å². The van der Waals surface area contributed by atoms with Crippen molar-refractivity contribution in [2.24, 2.45) is 5.92 Å². The zero-order chi connectivity index (χ0) is 29.1. The van der Waals surface area contributed by atoms with Crippen molar-refractivity contribution in [2.45, 2.75) is 77.9 Å². The zero-order valence-corrected chi connectivity index (χ0v) is 24.7. The largest absolute Gasteiger partial charge is 0.331 e. The number of anilines is 1. The molecule has 0 bridgehead atoms. The van der Waals surface area contributed by atoms with Crippen molar-refractivity contribution in [3.8, 4) is 0 Å². The van der Waals surface area contributed by atoms with E-state index in [0.717, 1.165) is 29.9 Å². The molecule has 2 amide bonds. The Labute approximate surface area is 243 Å². The van der Waals surface area contributed by atoms with Crippen molar-refractivity contribution in [2.75, 3.05) is 18.4 Å². The molecule has 0 saturated carbocycles. The second kappa shape index (κ2) is 12.6. The summed E-state index contributed by atoms with van der Waals surface area (Å²) < 4.78 is 15.0. The molecule has 1 N–H and O–H groups in total. The number of hydrogen-bond donors (Lipinski definition) is 1. The highest BCUT2D eigenvalue weighted by atomic mass is 19.1. The summed E-state index contributed by atoms with van der Waals surface area (Å²) >= 11 is 0. The van der Waals surface area contributed by atoms with E-state index < -0.39 is 17.8 Å². The maximum atomic E-state index is 15.0. The minimum absolute atomic E-state index is 0.0860. The van der Waals surface area contributed by atoms with Crippen LogP contribution in [-0.2, 0) is 11.3 Å². The van der Waals surface area contributed by atoms with Gasteiger partial charge in [-0.25, -0.2) is 4.39 Å². The van der Waals surface area contributed by atoms with Crippen LogP contribution in [0.15, 0.2) is 66.7 Å². The van der Waals surface area contributed by atoms with Gasteiger partial charge in [0, 0.05) is 24.8 Å². The van der Waals surface area contributed by atoms with Gasteiger partial charge >= 0.3 is 0 Å². The topological polar surface area (TPSA) is 52.7 Å². The third-order valence-corrected chi connectivity index (χ3v) is 8.88. The molecule has 2 heterocycles. The highest BCUT2D eigenvalue weighted by Gasteiger charge is 2.40. The van der Waals surface area contributed by atoms with E-state index in [1.165, 1.54) is 24.5 Å². The molecule has 2 saturated heterocycles. The number of benzene rings is 3. The van der Waals surface area contributed by atoms with E-state index in [4.69, 9.17) is 0 Å². The molecule has 0 aromatic heterocycles. The standard InChI is InChI=1S/C35H42FN3O2/c1-23(2)28-11-6-12-29(21-28)37-34(40)30-13-8-20-39(35(41)32-24(3)9-5-14-31(32)36)33(30)27-17-15-26(16-18-27)22-38-19-7-10-25(38)4/h5-6,9,11-12,14-18,21,23,25,30,33H,7-8,10,13,19-20,22H2,1-4H3,(H,37,40)/t25?,30-,33-/m0/s1. The van der Waals surface area contributed by atoms with Gasteiger partial charge < -0.3 is 10.2 Å². The average molecular weight is 556 g/mol. The Bertz CT molecular complexity index is 1370. The van der Waals surface area contributed by atoms with Gasteiger partial charge in [0.05, 0.1) is 17.5 Å². The minimum atomic E-state index is -0.527. The van der Waals surface area contributed by atoms with E-state index in [9.17, 15) is 14.0 Å². The molecule has 6 heteroatoms. The van der Waals surface area contributed by atoms with Gasteiger partial charge in [0.2, 0.25) is 5.91 Å². The smallest absolute Gasteiger partial charge is 0.257 e. The Morgan fingerprint density at radius 3 is 2.39 bits per heavy atom. The first-order chi connectivity index (χ1) is 19.7. The molecule has 2 aliphatic heterocycles. The van der Waals surface area contributed by atoms with Gasteiger partial charge in [0.25, 0.3) is 5.91 Å². The van der Waals surface area contributed by atoms with Crippen molar-refractivity contribution in [3.05, 3.63) is 100 Å². The number of aryl methyl sites for hydroxylation is 1. The number of halogens is 1. The molecule has 1 unspecified atom stereocenters. The Kier molecular flexibility index (Phi) is 8.88. The lowest BCUT2D eigenvalue weighted by molar-refractivity contribution is -0.123. The molecule has 0 spiro atoms. The second-order valence-corrected chi connectivity index (χ2v) is 12.1. The number of hydrogen-bond acceptors (Lipinski definition) is 3. The molecule has 3 aromatic carbocycles. The van der Waals surface area contributed by atoms with Crippen molar-refractivity contribution in [3.63, 3.8) is 0 Å². The highest BCUT2D eigenvalue weighted by Crippen LogP contribution is 2.39. The summed E-state index contributed by atoms with van der Waals surface area (Å²) in [6, 6.07) is 21.1. The summed E-state index contributed by atoms with van der Waals surface area (Å²) in [6.07, 6.45) is 3.77. The van der Waals surface area contributed by atoms with E-state index in [0.29, 0.717) is 36.9 Å². The van der Waals surface area contributed by atoms with Crippen LogP contribution in [0.4, 0.5) is 10.1 Å². The second-order valence-electron chi connectivity index (χ2n) is 12.1. The Morgan fingerprint density at radius 2 is 1.71 bits per heavy atom. The third-order valence-electron chi connectivity index (χ3n) is 8.88.